The standard InChI is InChI=1S/C34H35Cl2FN2O3/c1-2-7-26(9-4-3-5-19-37)41-27-15-11-22(12-16-27)32-28-17-13-24(33-38-39-34(40)42-33)20-23(28)8-6-10-30(32)29-18-14-25(35)21-31(29)36/h11-18,20-21,26H,2-10,19H2,1H3,(H,39,40). The van der Waals surface area contributed by atoms with E-state index >= 15 is 0 Å². The van der Waals surface area contributed by atoms with Crippen molar-refractivity contribution in [3.8, 4) is 17.2 Å². The molecule has 0 amide bonds. The fourth-order valence-corrected chi connectivity index (χ4v) is 6.25. The van der Waals surface area contributed by atoms with E-state index in [0.717, 1.165) is 96.1 Å². The number of benzene rings is 3. The molecule has 0 radical (unpaired) electrons. The molecule has 1 atom stereocenters. The lowest BCUT2D eigenvalue weighted by Gasteiger charge is -2.20. The monoisotopic (exact) mass is 608 g/mol. The molecule has 0 saturated heterocycles. The van der Waals surface area contributed by atoms with E-state index in [0.29, 0.717) is 16.5 Å². The van der Waals surface area contributed by atoms with Crippen LogP contribution in [-0.4, -0.2) is 23.0 Å². The van der Waals surface area contributed by atoms with Crippen LogP contribution in [0.15, 0.2) is 69.9 Å². The van der Waals surface area contributed by atoms with E-state index < -0.39 is 5.76 Å². The summed E-state index contributed by atoms with van der Waals surface area (Å²) in [5.74, 6) is 0.516. The number of unbranched alkanes of at least 4 members (excludes halogenated alkanes) is 2. The average Bonchev–Trinajstić information content (AvgIpc) is 3.33. The summed E-state index contributed by atoms with van der Waals surface area (Å²) in [6.45, 7) is 1.90. The first-order chi connectivity index (χ1) is 20.5. The fraction of sp³-hybridized carbons (Fsp3) is 0.353. The zero-order valence-corrected chi connectivity index (χ0v) is 25.2. The minimum atomic E-state index is -0.580. The van der Waals surface area contributed by atoms with Crippen LogP contribution in [0.25, 0.3) is 22.6 Å². The first-order valence-electron chi connectivity index (χ1n) is 14.7. The number of aromatic nitrogens is 2. The van der Waals surface area contributed by atoms with Gasteiger partial charge in [-0.05, 0) is 115 Å². The molecule has 1 unspecified atom stereocenters. The Morgan fingerprint density at radius 1 is 0.952 bits per heavy atom. The number of nitrogens with zero attached hydrogens (tertiary/aromatic N) is 1. The maximum absolute atomic E-state index is 12.5. The Hall–Kier alpha value is -3.35. The van der Waals surface area contributed by atoms with Gasteiger partial charge in [0.05, 0.1) is 12.8 Å². The van der Waals surface area contributed by atoms with Gasteiger partial charge >= 0.3 is 5.76 Å². The van der Waals surface area contributed by atoms with Crippen LogP contribution in [0.4, 0.5) is 4.39 Å². The molecule has 1 aliphatic carbocycles. The van der Waals surface area contributed by atoms with Gasteiger partial charge in [0.2, 0.25) is 5.89 Å². The van der Waals surface area contributed by atoms with E-state index in [4.69, 9.17) is 32.4 Å². The maximum atomic E-state index is 12.5. The van der Waals surface area contributed by atoms with Crippen LogP contribution < -0.4 is 10.5 Å². The van der Waals surface area contributed by atoms with Gasteiger partial charge in [-0.15, -0.1) is 5.10 Å². The lowest BCUT2D eigenvalue weighted by Crippen LogP contribution is -2.16. The van der Waals surface area contributed by atoms with Gasteiger partial charge in [-0.3, -0.25) is 4.39 Å². The van der Waals surface area contributed by atoms with E-state index in [-0.39, 0.29) is 18.7 Å². The Morgan fingerprint density at radius 3 is 2.45 bits per heavy atom. The molecular formula is C34H35Cl2FN2O3. The van der Waals surface area contributed by atoms with E-state index in [2.05, 4.69) is 41.4 Å². The molecule has 5 nitrogen and oxygen atoms in total. The lowest BCUT2D eigenvalue weighted by molar-refractivity contribution is 0.175. The smallest absolute Gasteiger partial charge is 0.434 e. The second-order valence-corrected chi connectivity index (χ2v) is 11.6. The summed E-state index contributed by atoms with van der Waals surface area (Å²) < 4.78 is 24.1. The number of alkyl halides is 1. The van der Waals surface area contributed by atoms with Crippen LogP contribution in [-0.2, 0) is 6.42 Å². The predicted octanol–water partition coefficient (Wildman–Crippen LogP) is 9.71. The molecular weight excluding hydrogens is 574 g/mol. The molecule has 42 heavy (non-hydrogen) atoms. The molecule has 1 aromatic heterocycles. The number of H-pyrrole nitrogens is 1. The maximum Gasteiger partial charge on any atom is 0.434 e. The van der Waals surface area contributed by atoms with Gasteiger partial charge in [0.15, 0.2) is 0 Å². The molecule has 0 aliphatic heterocycles. The van der Waals surface area contributed by atoms with Crippen molar-refractivity contribution in [2.75, 3.05) is 6.67 Å². The third-order valence-electron chi connectivity index (χ3n) is 7.71. The summed E-state index contributed by atoms with van der Waals surface area (Å²) in [5, 5.41) is 7.57. The zero-order valence-electron chi connectivity index (χ0n) is 23.7. The van der Waals surface area contributed by atoms with Crippen molar-refractivity contribution in [2.24, 2.45) is 0 Å². The number of ether oxygens (including phenoxy) is 1. The number of fused-ring (bicyclic) bond motifs is 1. The van der Waals surface area contributed by atoms with Crippen LogP contribution in [0.3, 0.4) is 0 Å². The topological polar surface area (TPSA) is 68.1 Å². The predicted molar refractivity (Wildman–Crippen MR) is 168 cm³/mol. The summed E-state index contributed by atoms with van der Waals surface area (Å²) in [7, 11) is 0. The highest BCUT2D eigenvalue weighted by Gasteiger charge is 2.23. The fourth-order valence-electron chi connectivity index (χ4n) is 5.73. The molecule has 1 heterocycles. The first kappa shape index (κ1) is 30.1. The van der Waals surface area contributed by atoms with Crippen LogP contribution in [0.1, 0.15) is 80.5 Å². The van der Waals surface area contributed by atoms with Crippen LogP contribution >= 0.6 is 23.2 Å². The number of aromatic amines is 1. The van der Waals surface area contributed by atoms with Gasteiger partial charge in [0, 0.05) is 15.6 Å². The summed E-state index contributed by atoms with van der Waals surface area (Å²) in [6, 6.07) is 20.0. The number of nitrogens with one attached hydrogen (secondary N) is 1. The minimum absolute atomic E-state index is 0.113. The Kier molecular flexibility index (Phi) is 10.2. The molecule has 3 aromatic carbocycles. The third-order valence-corrected chi connectivity index (χ3v) is 8.25. The van der Waals surface area contributed by atoms with E-state index in [9.17, 15) is 9.18 Å². The Labute approximate surface area is 255 Å². The molecule has 0 saturated carbocycles. The molecule has 0 fully saturated rings. The average molecular weight is 610 g/mol. The van der Waals surface area contributed by atoms with Gasteiger partial charge in [-0.2, -0.15) is 0 Å². The van der Waals surface area contributed by atoms with Crippen molar-refractivity contribution < 1.29 is 13.5 Å². The van der Waals surface area contributed by atoms with E-state index in [1.165, 1.54) is 0 Å². The zero-order chi connectivity index (χ0) is 29.5. The lowest BCUT2D eigenvalue weighted by atomic mass is 9.87. The molecule has 8 heteroatoms. The summed E-state index contributed by atoms with van der Waals surface area (Å²) >= 11 is 13.0. The van der Waals surface area contributed by atoms with Gasteiger partial charge in [0.25, 0.3) is 0 Å². The van der Waals surface area contributed by atoms with Gasteiger partial charge in [0.1, 0.15) is 5.75 Å². The third kappa shape index (κ3) is 7.16. The number of hydrogen-bond acceptors (Lipinski definition) is 4. The van der Waals surface area contributed by atoms with Gasteiger partial charge < -0.3 is 9.15 Å². The van der Waals surface area contributed by atoms with Crippen molar-refractivity contribution in [3.63, 3.8) is 0 Å². The molecule has 0 spiro atoms. The first-order valence-corrected chi connectivity index (χ1v) is 15.4. The molecule has 4 aromatic rings. The molecule has 220 valence electrons. The quantitative estimate of drug-likeness (QED) is 0.162. The van der Waals surface area contributed by atoms with Crippen molar-refractivity contribution in [3.05, 3.63) is 104 Å². The summed E-state index contributed by atoms with van der Waals surface area (Å²) in [6.07, 6.45) is 8.09. The van der Waals surface area contributed by atoms with Crippen molar-refractivity contribution >= 4 is 34.3 Å². The minimum Gasteiger partial charge on any atom is -0.490 e. The second-order valence-electron chi connectivity index (χ2n) is 10.7. The number of rotatable bonds is 12. The number of aryl methyl sites for hydroxylation is 1. The SMILES string of the molecule is CCCC(CCCCCF)Oc1ccc(C2=C(c3ccc(Cl)cc3Cl)CCCc3cc(-c4n[nH]c(=O)o4)ccc32)cc1. The van der Waals surface area contributed by atoms with Crippen molar-refractivity contribution in [1.29, 1.82) is 0 Å². The summed E-state index contributed by atoms with van der Waals surface area (Å²) in [4.78, 5) is 11.6. The highest BCUT2D eigenvalue weighted by atomic mass is 35.5. The van der Waals surface area contributed by atoms with Crippen molar-refractivity contribution in [1.82, 2.24) is 10.2 Å². The highest BCUT2D eigenvalue weighted by Crippen LogP contribution is 2.43. The van der Waals surface area contributed by atoms with Crippen LogP contribution in [0.5, 0.6) is 5.75 Å². The van der Waals surface area contributed by atoms with Crippen molar-refractivity contribution in [2.45, 2.75) is 70.8 Å². The summed E-state index contributed by atoms with van der Waals surface area (Å²) in [5.41, 5.74) is 7.26. The largest absolute Gasteiger partial charge is 0.490 e. The number of hydrogen-bond donors (Lipinski definition) is 1. The Bertz CT molecular complexity index is 1590. The molecule has 0 bridgehead atoms. The second kappa shape index (κ2) is 14.2. The Morgan fingerprint density at radius 2 is 1.74 bits per heavy atom. The number of allylic oxidation sites excluding steroid dienone is 1. The van der Waals surface area contributed by atoms with E-state index in [1.54, 1.807) is 6.07 Å². The molecule has 1 N–H and O–H groups in total. The number of halogens is 3. The molecule has 1 aliphatic rings. The van der Waals surface area contributed by atoms with Crippen LogP contribution in [0.2, 0.25) is 10.0 Å². The highest BCUT2D eigenvalue weighted by molar-refractivity contribution is 6.36. The molecule has 5 rings (SSSR count). The van der Waals surface area contributed by atoms with Crippen LogP contribution in [0, 0.1) is 0 Å². The normalized spacial score (nSPS) is 14.0. The van der Waals surface area contributed by atoms with Gasteiger partial charge in [-0.25, -0.2) is 9.89 Å². The van der Waals surface area contributed by atoms with E-state index in [1.807, 2.05) is 30.3 Å². The Balaban J connectivity index is 1.53. The van der Waals surface area contributed by atoms with Gasteiger partial charge in [-0.1, -0.05) is 67.2 Å².